The summed E-state index contributed by atoms with van der Waals surface area (Å²) in [7, 11) is 0. The summed E-state index contributed by atoms with van der Waals surface area (Å²) in [5, 5.41) is 0. The van der Waals surface area contributed by atoms with Gasteiger partial charge in [0.05, 0.1) is 0 Å². The fraction of sp³-hybridized carbons (Fsp3) is 0.125. The van der Waals surface area contributed by atoms with Gasteiger partial charge >= 0.3 is 0 Å². The van der Waals surface area contributed by atoms with Crippen LogP contribution >= 0.6 is 0 Å². The zero-order valence-corrected chi connectivity index (χ0v) is 7.63. The summed E-state index contributed by atoms with van der Waals surface area (Å²) in [6.45, 7) is 1.72. The topological polar surface area (TPSA) is 66.2 Å². The van der Waals surface area contributed by atoms with Crippen LogP contribution < -0.4 is 0 Å². The molecule has 0 radical (unpaired) electrons. The predicted molar refractivity (Wildman–Crippen MR) is 45.9 cm³/mol. The number of aryl methyl sites for hydroxylation is 1. The van der Waals surface area contributed by atoms with Crippen LogP contribution in [0.5, 0.6) is 0 Å². The molecular weight excluding hydrogens is 190 g/mol. The lowest BCUT2D eigenvalue weighted by Gasteiger charge is -2.02. The van der Waals surface area contributed by atoms with Gasteiger partial charge in [-0.05, 0) is 29.3 Å². The molecule has 0 amide bonds. The van der Waals surface area contributed by atoms with Crippen molar-refractivity contribution in [3.8, 4) is 0 Å². The maximum atomic E-state index is 10.6. The number of hydrogen-bond donors (Lipinski definition) is 0. The molecule has 2 rings (SSSR count). The molecule has 1 unspecified atom stereocenters. The zero-order chi connectivity index (χ0) is 9.42. The largest absolute Gasteiger partial charge is 0.768 e. The predicted octanol–water partition coefficient (Wildman–Crippen LogP) is 1.37. The van der Waals surface area contributed by atoms with Crippen LogP contribution in [0.25, 0.3) is 11.1 Å². The standard InChI is InChI=1S/C8H7NO3S/c1-5-9-7-3-2-6(13(10)11)4-8(7)12-5/h2-4H,1H3,(H,10,11)/p-1. The second-order valence-electron chi connectivity index (χ2n) is 2.60. The third kappa shape index (κ3) is 1.48. The second-order valence-corrected chi connectivity index (χ2v) is 3.54. The number of rotatable bonds is 1. The first-order chi connectivity index (χ1) is 6.16. The van der Waals surface area contributed by atoms with E-state index in [2.05, 4.69) is 4.98 Å². The molecular formula is C8H6NO3S-. The third-order valence-corrected chi connectivity index (χ3v) is 2.30. The summed E-state index contributed by atoms with van der Waals surface area (Å²) in [6.07, 6.45) is 0. The van der Waals surface area contributed by atoms with Crippen molar-refractivity contribution in [2.45, 2.75) is 11.8 Å². The van der Waals surface area contributed by atoms with E-state index in [0.29, 0.717) is 17.0 Å². The first-order valence-electron chi connectivity index (χ1n) is 3.63. The first-order valence-corrected chi connectivity index (χ1v) is 4.71. The number of hydrogen-bond acceptors (Lipinski definition) is 4. The van der Waals surface area contributed by atoms with Crippen LogP contribution in [-0.2, 0) is 11.1 Å². The number of nitrogens with zero attached hydrogens (tertiary/aromatic N) is 1. The summed E-state index contributed by atoms with van der Waals surface area (Å²) in [5.74, 6) is 0.531. The van der Waals surface area contributed by atoms with E-state index >= 15 is 0 Å². The average Bonchev–Trinajstić information content (AvgIpc) is 2.42. The molecule has 0 aliphatic rings. The molecule has 68 valence electrons. The van der Waals surface area contributed by atoms with Gasteiger partial charge in [0, 0.05) is 11.8 Å². The Morgan fingerprint density at radius 1 is 1.54 bits per heavy atom. The van der Waals surface area contributed by atoms with Crippen molar-refractivity contribution in [1.29, 1.82) is 0 Å². The summed E-state index contributed by atoms with van der Waals surface area (Å²) in [6, 6.07) is 4.57. The van der Waals surface area contributed by atoms with E-state index in [1.807, 2.05) is 0 Å². The Balaban J connectivity index is 2.67. The van der Waals surface area contributed by atoms with E-state index < -0.39 is 11.1 Å². The van der Waals surface area contributed by atoms with Crippen molar-refractivity contribution in [3.05, 3.63) is 24.1 Å². The van der Waals surface area contributed by atoms with Gasteiger partial charge in [-0.25, -0.2) is 4.98 Å². The Kier molecular flexibility index (Phi) is 1.90. The van der Waals surface area contributed by atoms with Gasteiger partial charge in [-0.3, -0.25) is 4.21 Å². The van der Waals surface area contributed by atoms with Crippen molar-refractivity contribution >= 4 is 22.2 Å². The minimum atomic E-state index is -2.21. The highest BCUT2D eigenvalue weighted by atomic mass is 32.2. The van der Waals surface area contributed by atoms with Gasteiger partial charge < -0.3 is 8.97 Å². The maximum Gasteiger partial charge on any atom is 0.192 e. The van der Waals surface area contributed by atoms with Gasteiger partial charge in [-0.1, -0.05) is 0 Å². The zero-order valence-electron chi connectivity index (χ0n) is 6.81. The smallest absolute Gasteiger partial charge is 0.192 e. The number of aromatic nitrogens is 1. The fourth-order valence-electron chi connectivity index (χ4n) is 1.12. The quantitative estimate of drug-likeness (QED) is 0.646. The normalized spacial score (nSPS) is 13.4. The molecule has 0 aliphatic carbocycles. The fourth-order valence-corrected chi connectivity index (χ4v) is 1.51. The lowest BCUT2D eigenvalue weighted by Crippen LogP contribution is -1.86. The molecule has 0 aliphatic heterocycles. The molecule has 0 saturated carbocycles. The number of oxazole rings is 1. The molecule has 1 aromatic heterocycles. The molecule has 2 aromatic rings. The van der Waals surface area contributed by atoms with Crippen LogP contribution in [0.1, 0.15) is 5.89 Å². The first kappa shape index (κ1) is 8.40. The minimum absolute atomic E-state index is 0.212. The molecule has 1 heterocycles. The molecule has 1 atom stereocenters. The van der Waals surface area contributed by atoms with Crippen molar-refractivity contribution in [2.75, 3.05) is 0 Å². The van der Waals surface area contributed by atoms with Crippen molar-refractivity contribution in [2.24, 2.45) is 0 Å². The average molecular weight is 196 g/mol. The molecule has 0 N–H and O–H groups in total. The molecule has 0 saturated heterocycles. The van der Waals surface area contributed by atoms with E-state index in [1.165, 1.54) is 12.1 Å². The van der Waals surface area contributed by atoms with Crippen LogP contribution in [0.15, 0.2) is 27.5 Å². The lowest BCUT2D eigenvalue weighted by atomic mass is 10.3. The van der Waals surface area contributed by atoms with Gasteiger partial charge in [-0.15, -0.1) is 0 Å². The van der Waals surface area contributed by atoms with Crippen LogP contribution in [0, 0.1) is 6.92 Å². The highest BCUT2D eigenvalue weighted by molar-refractivity contribution is 7.79. The highest BCUT2D eigenvalue weighted by Crippen LogP contribution is 2.17. The van der Waals surface area contributed by atoms with E-state index in [4.69, 9.17) is 4.42 Å². The molecule has 13 heavy (non-hydrogen) atoms. The van der Waals surface area contributed by atoms with Gasteiger partial charge in [-0.2, -0.15) is 0 Å². The van der Waals surface area contributed by atoms with Crippen LogP contribution in [0.3, 0.4) is 0 Å². The molecule has 0 spiro atoms. The molecule has 1 aromatic carbocycles. The Labute approximate surface area is 76.9 Å². The Morgan fingerprint density at radius 2 is 2.31 bits per heavy atom. The molecule has 0 bridgehead atoms. The summed E-state index contributed by atoms with van der Waals surface area (Å²) in [5.41, 5.74) is 1.17. The third-order valence-electron chi connectivity index (χ3n) is 1.66. The van der Waals surface area contributed by atoms with Crippen LogP contribution in [0.4, 0.5) is 0 Å². The van der Waals surface area contributed by atoms with Gasteiger partial charge in [0.1, 0.15) is 5.52 Å². The minimum Gasteiger partial charge on any atom is -0.768 e. The van der Waals surface area contributed by atoms with Gasteiger partial charge in [0.15, 0.2) is 11.5 Å². The van der Waals surface area contributed by atoms with Crippen LogP contribution in [-0.4, -0.2) is 13.7 Å². The molecule has 0 fully saturated rings. The summed E-state index contributed by atoms with van der Waals surface area (Å²) >= 11 is -2.21. The number of fused-ring (bicyclic) bond motifs is 1. The van der Waals surface area contributed by atoms with Crippen molar-refractivity contribution < 1.29 is 13.2 Å². The van der Waals surface area contributed by atoms with E-state index in [1.54, 1.807) is 13.0 Å². The van der Waals surface area contributed by atoms with E-state index in [9.17, 15) is 8.76 Å². The van der Waals surface area contributed by atoms with Gasteiger partial charge in [0.2, 0.25) is 0 Å². The molecule has 5 heteroatoms. The monoisotopic (exact) mass is 196 g/mol. The van der Waals surface area contributed by atoms with Crippen molar-refractivity contribution in [1.82, 2.24) is 4.98 Å². The second kappa shape index (κ2) is 2.93. The van der Waals surface area contributed by atoms with E-state index in [0.717, 1.165) is 0 Å². The van der Waals surface area contributed by atoms with Gasteiger partial charge in [0.25, 0.3) is 0 Å². The molecule has 4 nitrogen and oxygen atoms in total. The highest BCUT2D eigenvalue weighted by Gasteiger charge is 2.02. The Bertz CT molecular complexity index is 477. The van der Waals surface area contributed by atoms with Crippen LogP contribution in [0.2, 0.25) is 0 Å². The summed E-state index contributed by atoms with van der Waals surface area (Å²) in [4.78, 5) is 4.26. The Morgan fingerprint density at radius 3 is 3.00 bits per heavy atom. The Hall–Kier alpha value is -1.20. The van der Waals surface area contributed by atoms with Crippen molar-refractivity contribution in [3.63, 3.8) is 0 Å². The SMILES string of the molecule is Cc1nc2ccc(S(=O)[O-])cc2o1. The number of benzene rings is 1. The lowest BCUT2D eigenvalue weighted by molar-refractivity contribution is 0.535. The van der Waals surface area contributed by atoms with E-state index in [-0.39, 0.29) is 4.90 Å². The summed E-state index contributed by atoms with van der Waals surface area (Å²) < 4.78 is 26.4. The maximum absolute atomic E-state index is 10.6.